The molecule has 6 nitrogen and oxygen atoms in total. The van der Waals surface area contributed by atoms with Crippen LogP contribution in [0.25, 0.3) is 11.0 Å². The molecule has 164 valence electrons. The van der Waals surface area contributed by atoms with E-state index in [1.807, 2.05) is 31.2 Å². The fraction of sp³-hybridized carbons (Fsp3) is 0.269. The molecule has 4 rings (SSSR count). The van der Waals surface area contributed by atoms with Crippen molar-refractivity contribution >= 4 is 28.5 Å². The largest absolute Gasteiger partial charge is 0.422 e. The lowest BCUT2D eigenvalue weighted by Crippen LogP contribution is -2.36. The fourth-order valence-corrected chi connectivity index (χ4v) is 4.20. The van der Waals surface area contributed by atoms with Crippen molar-refractivity contribution in [3.63, 3.8) is 0 Å². The summed E-state index contributed by atoms with van der Waals surface area (Å²) in [6, 6.07) is 12.5. The summed E-state index contributed by atoms with van der Waals surface area (Å²) in [5, 5.41) is 0.672. The number of hydrogen-bond acceptors (Lipinski definition) is 5. The zero-order chi connectivity index (χ0) is 22.7. The summed E-state index contributed by atoms with van der Waals surface area (Å²) in [5.41, 5.74) is 2.41. The van der Waals surface area contributed by atoms with Crippen LogP contribution < -0.4 is 15.3 Å². The van der Waals surface area contributed by atoms with E-state index in [0.717, 1.165) is 36.1 Å². The third-order valence-corrected chi connectivity index (χ3v) is 5.56. The maximum Gasteiger partial charge on any atom is 0.336 e. The highest BCUT2D eigenvalue weighted by Crippen LogP contribution is 2.35. The molecule has 1 amide bonds. The molecule has 0 bridgehead atoms. The number of aryl methyl sites for hydroxylation is 2. The second-order valence-electron chi connectivity index (χ2n) is 7.77. The first-order chi connectivity index (χ1) is 15.5. The summed E-state index contributed by atoms with van der Waals surface area (Å²) in [6.07, 6.45) is 6.03. The normalized spacial score (nSPS) is 13.4. The highest BCUT2D eigenvalue weighted by atomic mass is 16.5. The van der Waals surface area contributed by atoms with Crippen LogP contribution in [-0.4, -0.2) is 18.4 Å². The molecule has 0 unspecified atom stereocenters. The third kappa shape index (κ3) is 4.08. The van der Waals surface area contributed by atoms with Crippen LogP contribution in [0.3, 0.4) is 0 Å². The molecule has 6 heteroatoms. The molecule has 2 aromatic carbocycles. The average molecular weight is 431 g/mol. The van der Waals surface area contributed by atoms with Gasteiger partial charge >= 0.3 is 11.6 Å². The van der Waals surface area contributed by atoms with E-state index in [1.165, 1.54) is 12.1 Å². The Morgan fingerprint density at radius 3 is 2.78 bits per heavy atom. The molecule has 1 aliphatic rings. The molecule has 0 saturated carbocycles. The molecule has 0 spiro atoms. The summed E-state index contributed by atoms with van der Waals surface area (Å²) in [7, 11) is 0. The van der Waals surface area contributed by atoms with Crippen LogP contribution in [0.1, 0.15) is 48.2 Å². The molecule has 0 aliphatic carbocycles. The Morgan fingerprint density at radius 2 is 2.00 bits per heavy atom. The summed E-state index contributed by atoms with van der Waals surface area (Å²) in [6.45, 7) is 4.24. The molecule has 32 heavy (non-hydrogen) atoms. The number of hydrogen-bond donors (Lipinski definition) is 0. The maximum atomic E-state index is 13.9. The van der Waals surface area contributed by atoms with Gasteiger partial charge in [0.1, 0.15) is 11.3 Å². The number of esters is 1. The predicted molar refractivity (Wildman–Crippen MR) is 123 cm³/mol. The van der Waals surface area contributed by atoms with Crippen LogP contribution in [0.5, 0.6) is 5.75 Å². The SMILES string of the molecule is C/C=C\C(=O)Oc1ccc2c(CCC)cc(=O)oc2c1C(=O)N1CCCc2ccccc21. The van der Waals surface area contributed by atoms with E-state index in [2.05, 4.69) is 0 Å². The number of carbonyl (C=O) groups is 2. The van der Waals surface area contributed by atoms with Gasteiger partial charge in [0.15, 0.2) is 5.58 Å². The number of anilines is 1. The van der Waals surface area contributed by atoms with Crippen molar-refractivity contribution in [2.24, 2.45) is 0 Å². The quantitative estimate of drug-likeness (QED) is 0.251. The summed E-state index contributed by atoms with van der Waals surface area (Å²) < 4.78 is 11.0. The Labute approximate surface area is 186 Å². The molecule has 0 radical (unpaired) electrons. The zero-order valence-corrected chi connectivity index (χ0v) is 18.2. The van der Waals surface area contributed by atoms with Gasteiger partial charge in [0.2, 0.25) is 0 Å². The maximum absolute atomic E-state index is 13.9. The number of benzene rings is 2. The second kappa shape index (κ2) is 9.22. The summed E-state index contributed by atoms with van der Waals surface area (Å²) in [4.78, 5) is 40.1. The van der Waals surface area contributed by atoms with Gasteiger partial charge in [-0.15, -0.1) is 0 Å². The van der Waals surface area contributed by atoms with E-state index in [4.69, 9.17) is 9.15 Å². The van der Waals surface area contributed by atoms with E-state index in [1.54, 1.807) is 30.0 Å². The molecule has 0 fully saturated rings. The van der Waals surface area contributed by atoms with Crippen LogP contribution in [0.2, 0.25) is 0 Å². The monoisotopic (exact) mass is 431 g/mol. The lowest BCUT2D eigenvalue weighted by molar-refractivity contribution is -0.129. The summed E-state index contributed by atoms with van der Waals surface area (Å²) in [5.74, 6) is -0.889. The van der Waals surface area contributed by atoms with Gasteiger partial charge in [-0.2, -0.15) is 0 Å². The van der Waals surface area contributed by atoms with Gasteiger partial charge in [0.25, 0.3) is 5.91 Å². The minimum Gasteiger partial charge on any atom is -0.422 e. The smallest absolute Gasteiger partial charge is 0.336 e. The second-order valence-corrected chi connectivity index (χ2v) is 7.77. The van der Waals surface area contributed by atoms with Crippen molar-refractivity contribution in [2.45, 2.75) is 39.5 Å². The molecule has 2 heterocycles. The first-order valence-corrected chi connectivity index (χ1v) is 10.9. The number of para-hydroxylation sites is 1. The first-order valence-electron chi connectivity index (χ1n) is 10.9. The van der Waals surface area contributed by atoms with Crippen molar-refractivity contribution < 1.29 is 18.7 Å². The van der Waals surface area contributed by atoms with E-state index in [0.29, 0.717) is 18.4 Å². The Morgan fingerprint density at radius 1 is 1.19 bits per heavy atom. The highest BCUT2D eigenvalue weighted by molar-refractivity contribution is 6.15. The molecular formula is C26H25NO5. The molecular weight excluding hydrogens is 406 g/mol. The molecule has 1 aromatic heterocycles. The fourth-order valence-electron chi connectivity index (χ4n) is 4.20. The van der Waals surface area contributed by atoms with E-state index < -0.39 is 11.6 Å². The molecule has 1 aliphatic heterocycles. The summed E-state index contributed by atoms with van der Waals surface area (Å²) >= 11 is 0. The van der Waals surface area contributed by atoms with Gasteiger partial charge in [-0.25, -0.2) is 9.59 Å². The molecule has 3 aromatic rings. The Kier molecular flexibility index (Phi) is 6.21. The number of carbonyl (C=O) groups excluding carboxylic acids is 2. The van der Waals surface area contributed by atoms with Crippen molar-refractivity contribution in [1.82, 2.24) is 0 Å². The van der Waals surface area contributed by atoms with E-state index >= 15 is 0 Å². The third-order valence-electron chi connectivity index (χ3n) is 5.56. The molecule has 0 saturated heterocycles. The van der Waals surface area contributed by atoms with E-state index in [9.17, 15) is 14.4 Å². The van der Waals surface area contributed by atoms with Gasteiger partial charge in [-0.1, -0.05) is 37.6 Å². The lowest BCUT2D eigenvalue weighted by atomic mass is 9.98. The Bertz CT molecular complexity index is 1270. The Balaban J connectivity index is 1.93. The number of amides is 1. The van der Waals surface area contributed by atoms with Gasteiger partial charge in [-0.05, 0) is 55.5 Å². The van der Waals surface area contributed by atoms with Crippen LogP contribution in [0, 0.1) is 0 Å². The average Bonchev–Trinajstić information content (AvgIpc) is 2.78. The Hall–Kier alpha value is -3.67. The predicted octanol–water partition coefficient (Wildman–Crippen LogP) is 4.82. The molecule has 0 atom stereocenters. The van der Waals surface area contributed by atoms with Crippen LogP contribution in [0.4, 0.5) is 5.69 Å². The molecule has 0 N–H and O–H groups in total. The van der Waals surface area contributed by atoms with Crippen LogP contribution >= 0.6 is 0 Å². The van der Waals surface area contributed by atoms with Crippen LogP contribution in [-0.2, 0) is 17.6 Å². The first kappa shape index (κ1) is 21.6. The zero-order valence-electron chi connectivity index (χ0n) is 18.2. The number of nitrogens with zero attached hydrogens (tertiary/aromatic N) is 1. The van der Waals surface area contributed by atoms with Gasteiger partial charge in [-0.3, -0.25) is 4.79 Å². The number of ether oxygens (including phenoxy) is 1. The number of rotatable bonds is 5. The minimum absolute atomic E-state index is 0.0745. The lowest BCUT2D eigenvalue weighted by Gasteiger charge is -2.30. The van der Waals surface area contributed by atoms with Crippen molar-refractivity contribution in [2.75, 3.05) is 11.4 Å². The van der Waals surface area contributed by atoms with Gasteiger partial charge in [0, 0.05) is 29.8 Å². The number of allylic oxidation sites excluding steroid dienone is 1. The highest BCUT2D eigenvalue weighted by Gasteiger charge is 2.29. The van der Waals surface area contributed by atoms with E-state index in [-0.39, 0.29) is 22.8 Å². The minimum atomic E-state index is -0.605. The van der Waals surface area contributed by atoms with Gasteiger partial charge in [0.05, 0.1) is 0 Å². The van der Waals surface area contributed by atoms with Gasteiger partial charge < -0.3 is 14.1 Å². The van der Waals surface area contributed by atoms with Crippen molar-refractivity contribution in [3.8, 4) is 5.75 Å². The standard InChI is InChI=1S/C26H25NO5/c1-3-8-18-16-23(29)32-25-19(18)13-14-21(31-22(28)9-4-2)24(25)26(30)27-15-7-11-17-10-5-6-12-20(17)27/h4-6,9-10,12-14,16H,3,7-8,11,15H2,1-2H3/b9-4-. The van der Waals surface area contributed by atoms with Crippen molar-refractivity contribution in [1.29, 1.82) is 0 Å². The van der Waals surface area contributed by atoms with Crippen LogP contribution in [0.15, 0.2) is 63.8 Å². The topological polar surface area (TPSA) is 76.8 Å². The van der Waals surface area contributed by atoms with Crippen molar-refractivity contribution in [3.05, 3.63) is 81.7 Å². The number of fused-ring (bicyclic) bond motifs is 2.